The van der Waals surface area contributed by atoms with Crippen LogP contribution in [0.15, 0.2) is 39.8 Å². The SMILES string of the molecule is CCNC(=NCc1nc(C(F)(F)F)cs1)NCCNS(=O)(=O)c1cccnc1.I. The van der Waals surface area contributed by atoms with Gasteiger partial charge in [0.05, 0.1) is 6.54 Å². The van der Waals surface area contributed by atoms with Crippen LogP contribution in [0.2, 0.25) is 0 Å². The maximum Gasteiger partial charge on any atom is 0.434 e. The Balaban J connectivity index is 0.00000420. The number of hydrogen-bond donors (Lipinski definition) is 3. The van der Waals surface area contributed by atoms with E-state index in [1.807, 2.05) is 6.92 Å². The predicted molar refractivity (Wildman–Crippen MR) is 115 cm³/mol. The normalized spacial score (nSPS) is 12.3. The molecule has 0 aliphatic rings. The highest BCUT2D eigenvalue weighted by molar-refractivity contribution is 14.0. The first kappa shape index (κ1) is 25.5. The van der Waals surface area contributed by atoms with Crippen molar-refractivity contribution in [3.05, 3.63) is 40.6 Å². The minimum atomic E-state index is -4.48. The number of pyridine rings is 1. The van der Waals surface area contributed by atoms with Crippen LogP contribution in [-0.4, -0.2) is 44.0 Å². The minimum Gasteiger partial charge on any atom is -0.357 e. The summed E-state index contributed by atoms with van der Waals surface area (Å²) < 4.78 is 64.3. The molecule has 162 valence electrons. The van der Waals surface area contributed by atoms with Gasteiger partial charge in [0, 0.05) is 37.4 Å². The zero-order valence-corrected chi connectivity index (χ0v) is 19.2. The van der Waals surface area contributed by atoms with Crippen molar-refractivity contribution >= 4 is 51.3 Å². The van der Waals surface area contributed by atoms with E-state index in [2.05, 4.69) is 30.3 Å². The number of hydrogen-bond acceptors (Lipinski definition) is 6. The molecule has 0 saturated carbocycles. The van der Waals surface area contributed by atoms with E-state index in [1.54, 1.807) is 0 Å². The second kappa shape index (κ2) is 11.6. The van der Waals surface area contributed by atoms with Gasteiger partial charge in [-0.1, -0.05) is 0 Å². The van der Waals surface area contributed by atoms with Gasteiger partial charge in [-0.25, -0.2) is 23.1 Å². The van der Waals surface area contributed by atoms with Crippen molar-refractivity contribution in [2.45, 2.75) is 24.5 Å². The molecule has 2 aromatic heterocycles. The highest BCUT2D eigenvalue weighted by Gasteiger charge is 2.33. The van der Waals surface area contributed by atoms with Gasteiger partial charge in [-0.2, -0.15) is 13.2 Å². The van der Waals surface area contributed by atoms with Crippen LogP contribution in [0.4, 0.5) is 13.2 Å². The molecule has 2 heterocycles. The predicted octanol–water partition coefficient (Wildman–Crippen LogP) is 2.21. The van der Waals surface area contributed by atoms with Crippen molar-refractivity contribution in [3.8, 4) is 0 Å². The van der Waals surface area contributed by atoms with Gasteiger partial charge in [-0.05, 0) is 19.1 Å². The molecule has 0 unspecified atom stereocenters. The van der Waals surface area contributed by atoms with Crippen LogP contribution >= 0.6 is 35.3 Å². The molecule has 0 aliphatic heterocycles. The van der Waals surface area contributed by atoms with Crippen LogP contribution in [0.3, 0.4) is 0 Å². The van der Waals surface area contributed by atoms with Crippen LogP contribution < -0.4 is 15.4 Å². The van der Waals surface area contributed by atoms with E-state index in [9.17, 15) is 21.6 Å². The molecular formula is C15H20F3IN6O2S2. The molecule has 2 rings (SSSR count). The molecule has 0 atom stereocenters. The van der Waals surface area contributed by atoms with Gasteiger partial charge in [0.15, 0.2) is 11.7 Å². The van der Waals surface area contributed by atoms with Gasteiger partial charge in [0.2, 0.25) is 10.0 Å². The lowest BCUT2D eigenvalue weighted by Gasteiger charge is -2.11. The zero-order valence-electron chi connectivity index (χ0n) is 15.2. The maximum atomic E-state index is 12.6. The van der Waals surface area contributed by atoms with Gasteiger partial charge in [0.25, 0.3) is 0 Å². The summed E-state index contributed by atoms with van der Waals surface area (Å²) in [5.74, 6) is 0.340. The van der Waals surface area contributed by atoms with Crippen LogP contribution in [0.1, 0.15) is 17.6 Å². The van der Waals surface area contributed by atoms with Crippen molar-refractivity contribution in [3.63, 3.8) is 0 Å². The summed E-state index contributed by atoms with van der Waals surface area (Å²) in [6.45, 7) is 2.62. The van der Waals surface area contributed by atoms with E-state index >= 15 is 0 Å². The van der Waals surface area contributed by atoms with Crippen molar-refractivity contribution in [2.24, 2.45) is 4.99 Å². The molecule has 0 aliphatic carbocycles. The first-order valence-corrected chi connectivity index (χ1v) is 10.5. The molecule has 0 spiro atoms. The number of nitrogens with one attached hydrogen (secondary N) is 3. The fourth-order valence-electron chi connectivity index (χ4n) is 1.96. The maximum absolute atomic E-state index is 12.6. The fourth-order valence-corrected chi connectivity index (χ4v) is 3.68. The Hall–Kier alpha value is -1.52. The Kier molecular flexibility index (Phi) is 10.2. The Morgan fingerprint density at radius 2 is 2.03 bits per heavy atom. The summed E-state index contributed by atoms with van der Waals surface area (Å²) >= 11 is 0.874. The van der Waals surface area contributed by atoms with E-state index < -0.39 is 21.9 Å². The number of rotatable bonds is 8. The minimum absolute atomic E-state index is 0. The van der Waals surface area contributed by atoms with Crippen LogP contribution in [0.5, 0.6) is 0 Å². The lowest BCUT2D eigenvalue weighted by molar-refractivity contribution is -0.140. The van der Waals surface area contributed by atoms with E-state index in [0.717, 1.165) is 16.7 Å². The molecule has 2 aromatic rings. The van der Waals surface area contributed by atoms with Crippen molar-refractivity contribution in [2.75, 3.05) is 19.6 Å². The number of nitrogens with zero attached hydrogens (tertiary/aromatic N) is 3. The molecule has 0 radical (unpaired) electrons. The van der Waals surface area contributed by atoms with Gasteiger partial charge in [-0.15, -0.1) is 35.3 Å². The number of aliphatic imine (C=N–C) groups is 1. The third kappa shape index (κ3) is 8.39. The quantitative estimate of drug-likeness (QED) is 0.197. The monoisotopic (exact) mass is 564 g/mol. The summed E-state index contributed by atoms with van der Waals surface area (Å²) in [6, 6.07) is 2.95. The van der Waals surface area contributed by atoms with E-state index in [-0.39, 0.29) is 53.5 Å². The van der Waals surface area contributed by atoms with Crippen LogP contribution in [-0.2, 0) is 22.7 Å². The summed E-state index contributed by atoms with van der Waals surface area (Å²) in [7, 11) is -3.66. The Morgan fingerprint density at radius 3 is 2.62 bits per heavy atom. The zero-order chi connectivity index (χ0) is 20.6. The molecule has 8 nitrogen and oxygen atoms in total. The highest BCUT2D eigenvalue weighted by Crippen LogP contribution is 2.30. The smallest absolute Gasteiger partial charge is 0.357 e. The van der Waals surface area contributed by atoms with E-state index in [0.29, 0.717) is 12.5 Å². The largest absolute Gasteiger partial charge is 0.434 e. The van der Waals surface area contributed by atoms with Crippen molar-refractivity contribution < 1.29 is 21.6 Å². The van der Waals surface area contributed by atoms with Gasteiger partial charge in [0.1, 0.15) is 9.90 Å². The Morgan fingerprint density at radius 1 is 1.28 bits per heavy atom. The van der Waals surface area contributed by atoms with Gasteiger partial charge in [-0.3, -0.25) is 4.98 Å². The molecule has 0 amide bonds. The Labute approximate surface area is 187 Å². The van der Waals surface area contributed by atoms with E-state index in [4.69, 9.17) is 0 Å². The fraction of sp³-hybridized carbons (Fsp3) is 0.400. The molecule has 0 fully saturated rings. The summed E-state index contributed by atoms with van der Waals surface area (Å²) in [4.78, 5) is 11.5. The topological polar surface area (TPSA) is 108 Å². The molecule has 3 N–H and O–H groups in total. The number of halogens is 4. The molecule has 0 aromatic carbocycles. The first-order chi connectivity index (χ1) is 13.2. The Bertz CT molecular complexity index is 891. The summed E-state index contributed by atoms with van der Waals surface area (Å²) in [5.41, 5.74) is -0.939. The molecule has 0 saturated heterocycles. The molecule has 29 heavy (non-hydrogen) atoms. The summed E-state index contributed by atoms with van der Waals surface area (Å²) in [6.07, 6.45) is -1.77. The standard InChI is InChI=1S/C15H19F3N6O2S2.HI/c1-2-20-14(22-9-13-24-12(10-27-13)15(16,17)18)21-6-7-23-28(25,26)11-4-3-5-19-8-11;/h3-5,8,10,23H,2,6-7,9H2,1H3,(H2,20,21,22);1H. The van der Waals surface area contributed by atoms with Crippen molar-refractivity contribution in [1.29, 1.82) is 0 Å². The van der Waals surface area contributed by atoms with Gasteiger partial charge >= 0.3 is 6.18 Å². The highest BCUT2D eigenvalue weighted by atomic mass is 127. The number of thiazole rings is 1. The molecule has 14 heteroatoms. The number of alkyl halides is 3. The lowest BCUT2D eigenvalue weighted by Crippen LogP contribution is -2.41. The average molecular weight is 564 g/mol. The van der Waals surface area contributed by atoms with Crippen LogP contribution in [0.25, 0.3) is 0 Å². The molecule has 0 bridgehead atoms. The second-order valence-electron chi connectivity index (χ2n) is 5.33. The number of sulfonamides is 1. The third-order valence-corrected chi connectivity index (χ3v) is 5.49. The van der Waals surface area contributed by atoms with Gasteiger partial charge < -0.3 is 10.6 Å². The second-order valence-corrected chi connectivity index (χ2v) is 8.04. The number of aromatic nitrogens is 2. The third-order valence-electron chi connectivity index (χ3n) is 3.21. The van der Waals surface area contributed by atoms with E-state index in [1.165, 1.54) is 24.5 Å². The number of guanidine groups is 1. The van der Waals surface area contributed by atoms with Crippen LogP contribution in [0, 0.1) is 0 Å². The van der Waals surface area contributed by atoms with Crippen molar-refractivity contribution in [1.82, 2.24) is 25.3 Å². The summed E-state index contributed by atoms with van der Waals surface area (Å²) in [5, 5.41) is 7.00. The first-order valence-electron chi connectivity index (χ1n) is 8.16. The average Bonchev–Trinajstić information content (AvgIpc) is 3.13. The molecular weight excluding hydrogens is 544 g/mol. The lowest BCUT2D eigenvalue weighted by atomic mass is 10.5.